The van der Waals surface area contributed by atoms with Crippen molar-refractivity contribution >= 4 is 11.9 Å². The number of nitrogens with two attached hydrogens (primary N) is 1. The molecule has 1 aliphatic carbocycles. The topological polar surface area (TPSA) is 90.6 Å². The molecule has 0 heterocycles. The Balaban J connectivity index is 1.83. The monoisotopic (exact) mass is 320 g/mol. The van der Waals surface area contributed by atoms with Crippen LogP contribution in [-0.2, 0) is 20.9 Å². The number of methoxy groups -OCH3 is 1. The summed E-state index contributed by atoms with van der Waals surface area (Å²) in [6.07, 6.45) is 3.68. The molecule has 1 aromatic carbocycles. The third-order valence-corrected chi connectivity index (χ3v) is 4.04. The number of ether oxygens (including phenoxy) is 2. The second-order valence-electron chi connectivity index (χ2n) is 5.85. The predicted molar refractivity (Wildman–Crippen MR) is 85.7 cm³/mol. The quantitative estimate of drug-likeness (QED) is 0.773. The summed E-state index contributed by atoms with van der Waals surface area (Å²) in [7, 11) is 1.31. The van der Waals surface area contributed by atoms with E-state index in [0.29, 0.717) is 12.3 Å². The summed E-state index contributed by atoms with van der Waals surface area (Å²) in [5.41, 5.74) is 6.84. The number of carbonyl (C=O) groups is 2. The second-order valence-corrected chi connectivity index (χ2v) is 5.85. The van der Waals surface area contributed by atoms with Crippen molar-refractivity contribution in [2.24, 2.45) is 11.7 Å². The van der Waals surface area contributed by atoms with E-state index in [-0.39, 0.29) is 24.5 Å². The van der Waals surface area contributed by atoms with E-state index in [1.54, 1.807) is 12.1 Å². The lowest BCUT2D eigenvalue weighted by Gasteiger charge is -2.25. The van der Waals surface area contributed by atoms with E-state index in [1.165, 1.54) is 7.11 Å². The van der Waals surface area contributed by atoms with Crippen molar-refractivity contribution in [3.63, 3.8) is 0 Å². The fraction of sp³-hybridized carbons (Fsp3) is 0.529. The van der Waals surface area contributed by atoms with Crippen LogP contribution in [0.15, 0.2) is 24.3 Å². The molecule has 1 saturated carbocycles. The first-order chi connectivity index (χ1) is 11.1. The molecule has 126 valence electrons. The molecule has 2 atom stereocenters. The Labute approximate surface area is 136 Å². The van der Waals surface area contributed by atoms with E-state index < -0.39 is 5.97 Å². The Kier molecular flexibility index (Phi) is 6.40. The molecule has 0 bridgehead atoms. The van der Waals surface area contributed by atoms with Crippen LogP contribution < -0.4 is 15.8 Å². The van der Waals surface area contributed by atoms with Gasteiger partial charge in [0.2, 0.25) is 5.91 Å². The maximum atomic E-state index is 12.2. The standard InChI is InChI=1S/C17H24N2O4/c1-22-16(20)11-23-15-7-2-4-12(8-15)10-19-17(21)13-5-3-6-14(18)9-13/h2,4,7-8,13-14H,3,5-6,9-11,18H2,1H3,(H,19,21). The zero-order chi connectivity index (χ0) is 16.7. The van der Waals surface area contributed by atoms with Gasteiger partial charge in [-0.15, -0.1) is 0 Å². The average molecular weight is 320 g/mol. The van der Waals surface area contributed by atoms with Gasteiger partial charge >= 0.3 is 5.97 Å². The van der Waals surface area contributed by atoms with Gasteiger partial charge < -0.3 is 20.5 Å². The van der Waals surface area contributed by atoms with Crippen molar-refractivity contribution < 1.29 is 19.1 Å². The lowest BCUT2D eigenvalue weighted by Crippen LogP contribution is -2.37. The van der Waals surface area contributed by atoms with E-state index in [2.05, 4.69) is 10.1 Å². The van der Waals surface area contributed by atoms with Crippen LogP contribution in [0.5, 0.6) is 5.75 Å². The average Bonchev–Trinajstić information content (AvgIpc) is 2.58. The van der Waals surface area contributed by atoms with Crippen LogP contribution in [0.25, 0.3) is 0 Å². The van der Waals surface area contributed by atoms with Gasteiger partial charge in [0, 0.05) is 18.5 Å². The van der Waals surface area contributed by atoms with Gasteiger partial charge in [-0.05, 0) is 37.0 Å². The van der Waals surface area contributed by atoms with Crippen LogP contribution in [0.3, 0.4) is 0 Å². The molecule has 1 fully saturated rings. The summed E-state index contributed by atoms with van der Waals surface area (Å²) in [5.74, 6) is 0.206. The molecule has 2 unspecified atom stereocenters. The van der Waals surface area contributed by atoms with Gasteiger partial charge in [-0.2, -0.15) is 0 Å². The summed E-state index contributed by atoms with van der Waals surface area (Å²) in [5, 5.41) is 2.95. The first kappa shape index (κ1) is 17.3. The minimum Gasteiger partial charge on any atom is -0.482 e. The lowest BCUT2D eigenvalue weighted by atomic mass is 9.85. The molecule has 0 aromatic heterocycles. The second kappa shape index (κ2) is 8.53. The van der Waals surface area contributed by atoms with Crippen LogP contribution in [0.2, 0.25) is 0 Å². The molecule has 1 amide bonds. The fourth-order valence-electron chi connectivity index (χ4n) is 2.75. The molecule has 6 heteroatoms. The number of hydrogen-bond acceptors (Lipinski definition) is 5. The SMILES string of the molecule is COC(=O)COc1cccc(CNC(=O)C2CCCC(N)C2)c1. The van der Waals surface area contributed by atoms with E-state index in [1.807, 2.05) is 12.1 Å². The number of hydrogen-bond donors (Lipinski definition) is 2. The van der Waals surface area contributed by atoms with Crippen molar-refractivity contribution in [1.29, 1.82) is 0 Å². The highest BCUT2D eigenvalue weighted by atomic mass is 16.6. The first-order valence-electron chi connectivity index (χ1n) is 7.90. The number of esters is 1. The minimum atomic E-state index is -0.433. The molecule has 0 radical (unpaired) electrons. The highest BCUT2D eigenvalue weighted by Gasteiger charge is 2.24. The largest absolute Gasteiger partial charge is 0.482 e. The molecule has 1 aromatic rings. The number of amides is 1. The molecule has 0 saturated heterocycles. The molecular formula is C17H24N2O4. The number of nitrogens with one attached hydrogen (secondary N) is 1. The first-order valence-corrected chi connectivity index (χ1v) is 7.90. The lowest BCUT2D eigenvalue weighted by molar-refractivity contribution is -0.142. The van der Waals surface area contributed by atoms with Crippen LogP contribution in [0.1, 0.15) is 31.2 Å². The Bertz CT molecular complexity index is 547. The summed E-state index contributed by atoms with van der Waals surface area (Å²) < 4.78 is 9.86. The van der Waals surface area contributed by atoms with Gasteiger partial charge in [0.1, 0.15) is 5.75 Å². The molecular weight excluding hydrogens is 296 g/mol. The maximum absolute atomic E-state index is 12.2. The molecule has 2 rings (SSSR count). The van der Waals surface area contributed by atoms with E-state index in [0.717, 1.165) is 31.2 Å². The summed E-state index contributed by atoms with van der Waals surface area (Å²) in [6.45, 7) is 0.298. The maximum Gasteiger partial charge on any atom is 0.343 e. The Morgan fingerprint density at radius 3 is 2.91 bits per heavy atom. The van der Waals surface area contributed by atoms with Gasteiger partial charge in [-0.1, -0.05) is 18.6 Å². The van der Waals surface area contributed by atoms with Crippen molar-refractivity contribution in [2.45, 2.75) is 38.3 Å². The smallest absolute Gasteiger partial charge is 0.343 e. The van der Waals surface area contributed by atoms with Crippen LogP contribution >= 0.6 is 0 Å². The van der Waals surface area contributed by atoms with Crippen LogP contribution in [0.4, 0.5) is 0 Å². The van der Waals surface area contributed by atoms with Crippen LogP contribution in [-0.4, -0.2) is 31.6 Å². The highest BCUT2D eigenvalue weighted by Crippen LogP contribution is 2.23. The Hall–Kier alpha value is -2.08. The third kappa shape index (κ3) is 5.56. The van der Waals surface area contributed by atoms with E-state index in [9.17, 15) is 9.59 Å². The molecule has 23 heavy (non-hydrogen) atoms. The third-order valence-electron chi connectivity index (χ3n) is 4.04. The summed E-state index contributed by atoms with van der Waals surface area (Å²) >= 11 is 0. The van der Waals surface area contributed by atoms with Crippen LogP contribution in [0, 0.1) is 5.92 Å². The van der Waals surface area contributed by atoms with Gasteiger partial charge in [-0.25, -0.2) is 4.79 Å². The van der Waals surface area contributed by atoms with E-state index in [4.69, 9.17) is 10.5 Å². The molecule has 1 aliphatic rings. The minimum absolute atomic E-state index is 0.0116. The van der Waals surface area contributed by atoms with Crippen molar-refractivity contribution in [3.05, 3.63) is 29.8 Å². The number of rotatable bonds is 6. The molecule has 3 N–H and O–H groups in total. The Morgan fingerprint density at radius 1 is 1.35 bits per heavy atom. The van der Waals surface area contributed by atoms with Crippen molar-refractivity contribution in [1.82, 2.24) is 5.32 Å². The van der Waals surface area contributed by atoms with Gasteiger partial charge in [-0.3, -0.25) is 4.79 Å². The predicted octanol–water partition coefficient (Wildman–Crippen LogP) is 1.37. The van der Waals surface area contributed by atoms with Gasteiger partial charge in [0.15, 0.2) is 6.61 Å². The summed E-state index contributed by atoms with van der Waals surface area (Å²) in [4.78, 5) is 23.3. The molecule has 6 nitrogen and oxygen atoms in total. The van der Waals surface area contributed by atoms with E-state index >= 15 is 0 Å². The summed E-state index contributed by atoms with van der Waals surface area (Å²) in [6, 6.07) is 7.42. The zero-order valence-electron chi connectivity index (χ0n) is 13.4. The Morgan fingerprint density at radius 2 is 2.17 bits per heavy atom. The fourth-order valence-corrected chi connectivity index (χ4v) is 2.75. The molecule has 0 spiro atoms. The van der Waals surface area contributed by atoms with Gasteiger partial charge in [0.25, 0.3) is 0 Å². The van der Waals surface area contributed by atoms with Gasteiger partial charge in [0.05, 0.1) is 7.11 Å². The zero-order valence-corrected chi connectivity index (χ0v) is 13.4. The number of carbonyl (C=O) groups excluding carboxylic acids is 2. The normalized spacial score (nSPS) is 20.6. The molecule has 0 aliphatic heterocycles. The number of benzene rings is 1. The van der Waals surface area contributed by atoms with Crippen molar-refractivity contribution in [2.75, 3.05) is 13.7 Å². The van der Waals surface area contributed by atoms with Crippen molar-refractivity contribution in [3.8, 4) is 5.75 Å². The highest BCUT2D eigenvalue weighted by molar-refractivity contribution is 5.78.